The Hall–Kier alpha value is -1.63. The third kappa shape index (κ3) is 5.16. The summed E-state index contributed by atoms with van der Waals surface area (Å²) in [5.41, 5.74) is 2.77. The van der Waals surface area contributed by atoms with Gasteiger partial charge in [0.05, 0.1) is 0 Å². The maximum atomic E-state index is 12.2. The van der Waals surface area contributed by atoms with E-state index in [4.69, 9.17) is 0 Å². The minimum atomic E-state index is 0.0195. The number of urea groups is 1. The summed E-state index contributed by atoms with van der Waals surface area (Å²) >= 11 is 3.80. The maximum Gasteiger partial charge on any atom is 0.318 e. The van der Waals surface area contributed by atoms with Crippen LogP contribution in [0.5, 0.6) is 0 Å². The van der Waals surface area contributed by atoms with Gasteiger partial charge < -0.3 is 15.1 Å². The molecule has 2 aliphatic rings. The molecule has 160 valence electrons. The van der Waals surface area contributed by atoms with Crippen molar-refractivity contribution in [2.45, 2.75) is 29.0 Å². The molecule has 4 rings (SSSR count). The third-order valence-electron chi connectivity index (χ3n) is 6.07. The summed E-state index contributed by atoms with van der Waals surface area (Å²) in [6.45, 7) is 4.30. The first-order valence-electron chi connectivity index (χ1n) is 10.8. The van der Waals surface area contributed by atoms with Crippen molar-refractivity contribution in [1.29, 1.82) is 0 Å². The molecule has 6 heteroatoms. The molecule has 2 aliphatic heterocycles. The fraction of sp³-hybridized carbons (Fsp3) is 0.458. The predicted octanol–water partition coefficient (Wildman–Crippen LogP) is 5.05. The van der Waals surface area contributed by atoms with Crippen LogP contribution >= 0.6 is 23.5 Å². The number of carbonyl (C=O) groups is 1. The van der Waals surface area contributed by atoms with Crippen molar-refractivity contribution >= 4 is 29.6 Å². The van der Waals surface area contributed by atoms with Crippen LogP contribution in [0.4, 0.5) is 4.79 Å². The Morgan fingerprint density at radius 2 is 1.80 bits per heavy atom. The van der Waals surface area contributed by atoms with E-state index in [0.29, 0.717) is 5.92 Å². The summed E-state index contributed by atoms with van der Waals surface area (Å²) in [5, 5.41) is 2.91. The largest absolute Gasteiger partial charge is 0.341 e. The summed E-state index contributed by atoms with van der Waals surface area (Å²) in [4.78, 5) is 18.1. The van der Waals surface area contributed by atoms with E-state index in [1.807, 2.05) is 28.4 Å². The minimum Gasteiger partial charge on any atom is -0.341 e. The average molecular weight is 442 g/mol. The second-order valence-electron chi connectivity index (χ2n) is 7.88. The number of piperidine rings is 1. The van der Waals surface area contributed by atoms with E-state index in [1.54, 1.807) is 7.05 Å². The lowest BCUT2D eigenvalue weighted by Gasteiger charge is -2.32. The molecule has 0 aliphatic carbocycles. The fourth-order valence-electron chi connectivity index (χ4n) is 4.40. The molecule has 2 saturated heterocycles. The van der Waals surface area contributed by atoms with E-state index in [0.717, 1.165) is 24.6 Å². The lowest BCUT2D eigenvalue weighted by Crippen LogP contribution is -2.37. The highest BCUT2D eigenvalue weighted by Gasteiger charge is 2.31. The normalized spacial score (nSPS) is 20.4. The first-order valence-corrected chi connectivity index (χ1v) is 12.9. The summed E-state index contributed by atoms with van der Waals surface area (Å²) < 4.78 is 0. The molecule has 1 atom stereocenters. The molecule has 2 aromatic rings. The number of nitrogens with zero attached hydrogens (tertiary/aromatic N) is 2. The van der Waals surface area contributed by atoms with Crippen molar-refractivity contribution in [3.63, 3.8) is 0 Å². The van der Waals surface area contributed by atoms with Crippen LogP contribution in [0.1, 0.15) is 35.3 Å². The molecule has 2 aromatic carbocycles. The van der Waals surface area contributed by atoms with Gasteiger partial charge in [-0.2, -0.15) is 0 Å². The van der Waals surface area contributed by atoms with Crippen molar-refractivity contribution in [1.82, 2.24) is 15.1 Å². The maximum absolute atomic E-state index is 12.2. The number of likely N-dealkylation sites (tertiary alicyclic amines) is 1. The smallest absolute Gasteiger partial charge is 0.318 e. The van der Waals surface area contributed by atoms with Gasteiger partial charge in [-0.25, -0.2) is 4.79 Å². The average Bonchev–Trinajstić information content (AvgIpc) is 3.30. The van der Waals surface area contributed by atoms with Gasteiger partial charge in [0.2, 0.25) is 0 Å². The minimum absolute atomic E-state index is 0.0195. The molecule has 1 N–H and O–H groups in total. The first-order chi connectivity index (χ1) is 14.8. The Balaban J connectivity index is 1.30. The Morgan fingerprint density at radius 1 is 1.07 bits per heavy atom. The number of hydrogen-bond acceptors (Lipinski definition) is 4. The number of amides is 2. The molecular formula is C24H31N3OS2. The molecule has 30 heavy (non-hydrogen) atoms. The van der Waals surface area contributed by atoms with E-state index < -0.39 is 0 Å². The van der Waals surface area contributed by atoms with E-state index >= 15 is 0 Å². The van der Waals surface area contributed by atoms with E-state index in [2.05, 4.69) is 64.8 Å². The quantitative estimate of drug-likeness (QED) is 0.637. The SMILES string of the molecule is CNC(=O)N1CCSC1c1ccccc1SCCN1CCC(c2ccccc2)CC1. The van der Waals surface area contributed by atoms with Gasteiger partial charge in [0.15, 0.2) is 0 Å². The van der Waals surface area contributed by atoms with Gasteiger partial charge in [-0.15, -0.1) is 23.5 Å². The summed E-state index contributed by atoms with van der Waals surface area (Å²) in [7, 11) is 1.71. The summed E-state index contributed by atoms with van der Waals surface area (Å²) in [6.07, 6.45) is 2.51. The van der Waals surface area contributed by atoms with Gasteiger partial charge >= 0.3 is 6.03 Å². The fourth-order valence-corrected chi connectivity index (χ4v) is 6.85. The lowest BCUT2D eigenvalue weighted by molar-refractivity contribution is 0.202. The number of rotatable bonds is 6. The van der Waals surface area contributed by atoms with Crippen LogP contribution in [-0.4, -0.2) is 60.6 Å². The first kappa shape index (κ1) is 21.6. The third-order valence-corrected chi connectivity index (χ3v) is 8.39. The second-order valence-corrected chi connectivity index (χ2v) is 10.2. The van der Waals surface area contributed by atoms with Crippen LogP contribution in [0.15, 0.2) is 59.5 Å². The van der Waals surface area contributed by atoms with Crippen molar-refractivity contribution in [3.8, 4) is 0 Å². The van der Waals surface area contributed by atoms with Gasteiger partial charge in [0.1, 0.15) is 5.37 Å². The second kappa shape index (κ2) is 10.6. The topological polar surface area (TPSA) is 35.6 Å². The molecule has 0 saturated carbocycles. The van der Waals surface area contributed by atoms with Crippen molar-refractivity contribution in [2.75, 3.05) is 44.7 Å². The number of hydrogen-bond donors (Lipinski definition) is 1. The van der Waals surface area contributed by atoms with Crippen LogP contribution in [0.25, 0.3) is 0 Å². The van der Waals surface area contributed by atoms with Gasteiger partial charge in [-0.3, -0.25) is 0 Å². The highest BCUT2D eigenvalue weighted by molar-refractivity contribution is 8.00. The Kier molecular flexibility index (Phi) is 7.63. The van der Waals surface area contributed by atoms with Gasteiger partial charge in [0.25, 0.3) is 0 Å². The van der Waals surface area contributed by atoms with Crippen LogP contribution in [0, 0.1) is 0 Å². The van der Waals surface area contributed by atoms with Crippen LogP contribution in [-0.2, 0) is 0 Å². The van der Waals surface area contributed by atoms with Gasteiger partial charge in [-0.1, -0.05) is 48.5 Å². The van der Waals surface area contributed by atoms with E-state index in [9.17, 15) is 4.79 Å². The van der Waals surface area contributed by atoms with E-state index in [1.165, 1.54) is 42.0 Å². The molecule has 2 amide bonds. The van der Waals surface area contributed by atoms with Crippen LogP contribution in [0.3, 0.4) is 0 Å². The molecule has 2 fully saturated rings. The summed E-state index contributed by atoms with van der Waals surface area (Å²) in [6, 6.07) is 19.6. The zero-order valence-corrected chi connectivity index (χ0v) is 19.3. The van der Waals surface area contributed by atoms with Gasteiger partial charge in [0, 0.05) is 36.5 Å². The lowest BCUT2D eigenvalue weighted by atomic mass is 9.89. The van der Waals surface area contributed by atoms with Gasteiger partial charge in [-0.05, 0) is 49.0 Å². The molecule has 2 heterocycles. The number of carbonyl (C=O) groups excluding carboxylic acids is 1. The molecule has 0 bridgehead atoms. The molecular weight excluding hydrogens is 410 g/mol. The Bertz CT molecular complexity index is 824. The highest BCUT2D eigenvalue weighted by atomic mass is 32.2. The van der Waals surface area contributed by atoms with E-state index in [-0.39, 0.29) is 11.4 Å². The van der Waals surface area contributed by atoms with Crippen molar-refractivity contribution in [3.05, 3.63) is 65.7 Å². The molecule has 0 radical (unpaired) electrons. The molecule has 0 aromatic heterocycles. The molecule has 4 nitrogen and oxygen atoms in total. The van der Waals surface area contributed by atoms with Crippen LogP contribution < -0.4 is 5.32 Å². The zero-order valence-electron chi connectivity index (χ0n) is 17.6. The predicted molar refractivity (Wildman–Crippen MR) is 128 cm³/mol. The molecule has 0 spiro atoms. The molecule has 1 unspecified atom stereocenters. The van der Waals surface area contributed by atoms with Crippen molar-refractivity contribution < 1.29 is 4.79 Å². The number of thioether (sulfide) groups is 2. The Morgan fingerprint density at radius 3 is 2.57 bits per heavy atom. The van der Waals surface area contributed by atoms with Crippen molar-refractivity contribution in [2.24, 2.45) is 0 Å². The highest BCUT2D eigenvalue weighted by Crippen LogP contribution is 2.41. The standard InChI is InChI=1S/C24H31N3OS2/c1-25-24(28)27-16-18-30-23(27)21-9-5-6-10-22(21)29-17-15-26-13-11-20(12-14-26)19-7-3-2-4-8-19/h2-10,20,23H,11-18H2,1H3,(H,25,28). The Labute approximate surface area is 188 Å². The van der Waals surface area contributed by atoms with Crippen LogP contribution in [0.2, 0.25) is 0 Å². The number of nitrogens with one attached hydrogen (secondary N) is 1. The number of benzene rings is 2. The monoisotopic (exact) mass is 441 g/mol. The zero-order chi connectivity index (χ0) is 20.8. The summed E-state index contributed by atoms with van der Waals surface area (Å²) in [5.74, 6) is 2.79.